The number of ether oxygens (including phenoxy) is 1. The van der Waals surface area contributed by atoms with Crippen LogP contribution in [-0.2, 0) is 11.3 Å². The van der Waals surface area contributed by atoms with Crippen molar-refractivity contribution >= 4 is 5.91 Å². The Kier molecular flexibility index (Phi) is 5.38. The highest BCUT2D eigenvalue weighted by Crippen LogP contribution is 2.15. The fourth-order valence-electron chi connectivity index (χ4n) is 2.45. The Bertz CT molecular complexity index is 433. The Morgan fingerprint density at radius 3 is 2.85 bits per heavy atom. The molecule has 1 heterocycles. The van der Waals surface area contributed by atoms with E-state index in [4.69, 9.17) is 4.74 Å². The lowest BCUT2D eigenvalue weighted by atomic mass is 10.1. The highest BCUT2D eigenvalue weighted by Gasteiger charge is 2.27. The van der Waals surface area contributed by atoms with Crippen molar-refractivity contribution in [1.29, 1.82) is 0 Å². The van der Waals surface area contributed by atoms with E-state index in [0.717, 1.165) is 25.4 Å². The van der Waals surface area contributed by atoms with Gasteiger partial charge in [0.15, 0.2) is 0 Å². The Balaban J connectivity index is 2.02. The number of nitrogens with one attached hydrogen (secondary N) is 2. The fourth-order valence-corrected chi connectivity index (χ4v) is 2.45. The molecule has 1 saturated heterocycles. The molecule has 110 valence electrons. The first-order valence-corrected chi connectivity index (χ1v) is 7.10. The second-order valence-corrected chi connectivity index (χ2v) is 4.93. The Hall–Kier alpha value is -1.59. The van der Waals surface area contributed by atoms with Gasteiger partial charge in [-0.05, 0) is 24.6 Å². The molecule has 0 bridgehead atoms. The molecule has 0 aliphatic carbocycles. The van der Waals surface area contributed by atoms with Crippen LogP contribution in [0, 0.1) is 0 Å². The molecule has 1 aliphatic rings. The minimum Gasteiger partial charge on any atom is -0.497 e. The van der Waals surface area contributed by atoms with Crippen LogP contribution in [0.1, 0.15) is 12.5 Å². The normalized spacial score (nSPS) is 19.6. The number of amides is 1. The lowest BCUT2D eigenvalue weighted by molar-refractivity contribution is -0.127. The van der Waals surface area contributed by atoms with Gasteiger partial charge in [-0.1, -0.05) is 12.1 Å². The number of hydrogen-bond acceptors (Lipinski definition) is 4. The second kappa shape index (κ2) is 7.26. The molecule has 1 aromatic rings. The van der Waals surface area contributed by atoms with Crippen molar-refractivity contribution in [2.24, 2.45) is 0 Å². The Morgan fingerprint density at radius 1 is 1.45 bits per heavy atom. The number of carbonyl (C=O) groups excluding carboxylic acids is 1. The van der Waals surface area contributed by atoms with Gasteiger partial charge in [0.2, 0.25) is 5.91 Å². The lowest BCUT2D eigenvalue weighted by Gasteiger charge is -2.35. The summed E-state index contributed by atoms with van der Waals surface area (Å²) in [4.78, 5) is 14.3. The van der Waals surface area contributed by atoms with Crippen LogP contribution in [0.3, 0.4) is 0 Å². The van der Waals surface area contributed by atoms with Crippen LogP contribution in [0.2, 0.25) is 0 Å². The Labute approximate surface area is 120 Å². The maximum Gasteiger partial charge on any atom is 0.238 e. The number of methoxy groups -OCH3 is 1. The van der Waals surface area contributed by atoms with E-state index in [1.165, 1.54) is 5.56 Å². The molecule has 0 radical (unpaired) electrons. The molecule has 1 aliphatic heterocycles. The number of rotatable bonds is 5. The van der Waals surface area contributed by atoms with Gasteiger partial charge >= 0.3 is 0 Å². The second-order valence-electron chi connectivity index (χ2n) is 4.93. The molecule has 1 unspecified atom stereocenters. The van der Waals surface area contributed by atoms with Crippen LogP contribution in [0.25, 0.3) is 0 Å². The van der Waals surface area contributed by atoms with Gasteiger partial charge in [-0.25, -0.2) is 0 Å². The molecular formula is C15H23N3O2. The highest BCUT2D eigenvalue weighted by atomic mass is 16.5. The van der Waals surface area contributed by atoms with E-state index in [1.54, 1.807) is 7.11 Å². The van der Waals surface area contributed by atoms with Crippen molar-refractivity contribution in [2.45, 2.75) is 19.5 Å². The first-order chi connectivity index (χ1) is 9.74. The molecule has 0 spiro atoms. The van der Waals surface area contributed by atoms with Crippen molar-refractivity contribution < 1.29 is 9.53 Å². The van der Waals surface area contributed by atoms with E-state index in [2.05, 4.69) is 27.7 Å². The smallest absolute Gasteiger partial charge is 0.238 e. The van der Waals surface area contributed by atoms with Gasteiger partial charge in [0.25, 0.3) is 0 Å². The summed E-state index contributed by atoms with van der Waals surface area (Å²) in [5, 5.41) is 6.19. The predicted molar refractivity (Wildman–Crippen MR) is 78.7 cm³/mol. The summed E-state index contributed by atoms with van der Waals surface area (Å²) in [6.45, 7) is 5.92. The van der Waals surface area contributed by atoms with E-state index in [9.17, 15) is 4.79 Å². The summed E-state index contributed by atoms with van der Waals surface area (Å²) >= 11 is 0. The molecule has 1 fully saturated rings. The van der Waals surface area contributed by atoms with Gasteiger partial charge < -0.3 is 15.4 Å². The molecule has 0 saturated carbocycles. The van der Waals surface area contributed by atoms with E-state index in [0.29, 0.717) is 13.1 Å². The number of nitrogens with zero attached hydrogens (tertiary/aromatic N) is 1. The molecule has 1 amide bonds. The molecule has 5 nitrogen and oxygen atoms in total. The molecule has 5 heteroatoms. The maximum atomic E-state index is 12.1. The zero-order valence-corrected chi connectivity index (χ0v) is 12.2. The number of hydrogen-bond donors (Lipinski definition) is 2. The van der Waals surface area contributed by atoms with Gasteiger partial charge in [0, 0.05) is 32.7 Å². The van der Waals surface area contributed by atoms with Crippen molar-refractivity contribution in [3.8, 4) is 5.75 Å². The summed E-state index contributed by atoms with van der Waals surface area (Å²) < 4.78 is 5.16. The molecule has 1 aromatic carbocycles. The van der Waals surface area contributed by atoms with Crippen molar-refractivity contribution in [3.63, 3.8) is 0 Å². The topological polar surface area (TPSA) is 53.6 Å². The summed E-state index contributed by atoms with van der Waals surface area (Å²) in [7, 11) is 1.66. The predicted octanol–water partition coefficient (Wildman–Crippen LogP) is 0.605. The minimum atomic E-state index is -0.0919. The van der Waals surface area contributed by atoms with Gasteiger partial charge in [-0.3, -0.25) is 9.69 Å². The average molecular weight is 277 g/mol. The SMILES string of the molecule is CCNC(=O)C1CNCCN1Cc1ccc(OC)cc1. The zero-order chi connectivity index (χ0) is 14.4. The van der Waals surface area contributed by atoms with E-state index >= 15 is 0 Å². The first kappa shape index (κ1) is 14.8. The van der Waals surface area contributed by atoms with E-state index in [-0.39, 0.29) is 11.9 Å². The van der Waals surface area contributed by atoms with Crippen LogP contribution in [0.5, 0.6) is 5.75 Å². The zero-order valence-electron chi connectivity index (χ0n) is 12.2. The van der Waals surface area contributed by atoms with Crippen LogP contribution in [0.4, 0.5) is 0 Å². The third kappa shape index (κ3) is 3.71. The fraction of sp³-hybridized carbons (Fsp3) is 0.533. The van der Waals surface area contributed by atoms with E-state index in [1.807, 2.05) is 19.1 Å². The molecule has 20 heavy (non-hydrogen) atoms. The molecule has 0 aromatic heterocycles. The maximum absolute atomic E-state index is 12.1. The monoisotopic (exact) mass is 277 g/mol. The number of piperazine rings is 1. The molecule has 1 atom stereocenters. The van der Waals surface area contributed by atoms with E-state index < -0.39 is 0 Å². The number of likely N-dealkylation sites (N-methyl/N-ethyl adjacent to an activating group) is 1. The van der Waals surface area contributed by atoms with Gasteiger partial charge in [-0.15, -0.1) is 0 Å². The number of benzene rings is 1. The number of carbonyl (C=O) groups is 1. The first-order valence-electron chi connectivity index (χ1n) is 7.10. The van der Waals surface area contributed by atoms with Crippen LogP contribution < -0.4 is 15.4 Å². The molecular weight excluding hydrogens is 254 g/mol. The standard InChI is InChI=1S/C15H23N3O2/c1-3-17-15(19)14-10-16-8-9-18(14)11-12-4-6-13(20-2)7-5-12/h4-7,14,16H,3,8-11H2,1-2H3,(H,17,19). The quantitative estimate of drug-likeness (QED) is 0.828. The third-order valence-corrected chi connectivity index (χ3v) is 3.55. The molecule has 2 rings (SSSR count). The highest BCUT2D eigenvalue weighted by molar-refractivity contribution is 5.82. The van der Waals surface area contributed by atoms with Gasteiger partial charge in [0.05, 0.1) is 7.11 Å². The van der Waals surface area contributed by atoms with Crippen molar-refractivity contribution in [2.75, 3.05) is 33.3 Å². The lowest BCUT2D eigenvalue weighted by Crippen LogP contribution is -2.57. The van der Waals surface area contributed by atoms with Crippen LogP contribution in [-0.4, -0.2) is 50.1 Å². The van der Waals surface area contributed by atoms with Gasteiger partial charge in [-0.2, -0.15) is 0 Å². The summed E-state index contributed by atoms with van der Waals surface area (Å²) in [6.07, 6.45) is 0. The van der Waals surface area contributed by atoms with Gasteiger partial charge in [0.1, 0.15) is 11.8 Å². The summed E-state index contributed by atoms with van der Waals surface area (Å²) in [5.74, 6) is 0.961. The van der Waals surface area contributed by atoms with Crippen LogP contribution in [0.15, 0.2) is 24.3 Å². The summed E-state index contributed by atoms with van der Waals surface area (Å²) in [5.41, 5.74) is 1.20. The van der Waals surface area contributed by atoms with Crippen molar-refractivity contribution in [3.05, 3.63) is 29.8 Å². The van der Waals surface area contributed by atoms with Crippen molar-refractivity contribution in [1.82, 2.24) is 15.5 Å². The van der Waals surface area contributed by atoms with Crippen LogP contribution >= 0.6 is 0 Å². The minimum absolute atomic E-state index is 0.0919. The molecule has 2 N–H and O–H groups in total. The average Bonchev–Trinajstić information content (AvgIpc) is 2.49. The largest absolute Gasteiger partial charge is 0.497 e. The Morgan fingerprint density at radius 2 is 2.20 bits per heavy atom. The third-order valence-electron chi connectivity index (χ3n) is 3.55. The summed E-state index contributed by atoms with van der Waals surface area (Å²) in [6, 6.07) is 7.92.